The minimum absolute atomic E-state index is 0. The molecule has 0 aliphatic carbocycles. The average Bonchev–Trinajstić information content (AvgIpc) is 2.43. The second-order valence-electron chi connectivity index (χ2n) is 3.01. The SMILES string of the molecule is [2H]c1c([2H])c([2H])c(-c2ccccc2OS(=O)(=O)O)c([2H])c1[2H].[K]. The van der Waals surface area contributed by atoms with Crippen LogP contribution in [0.1, 0.15) is 6.85 Å². The first-order chi connectivity index (χ1) is 10.1. The molecule has 0 heterocycles. The van der Waals surface area contributed by atoms with Crippen molar-refractivity contribution in [1.29, 1.82) is 0 Å². The molecule has 0 aromatic heterocycles. The summed E-state index contributed by atoms with van der Waals surface area (Å²) < 4.78 is 73.4. The quantitative estimate of drug-likeness (QED) is 0.696. The fraction of sp³-hybridized carbons (Fsp3) is 0. The summed E-state index contributed by atoms with van der Waals surface area (Å²) in [5, 5.41) is 0. The third-order valence-electron chi connectivity index (χ3n) is 1.85. The Morgan fingerprint density at radius 2 is 1.72 bits per heavy atom. The van der Waals surface area contributed by atoms with Gasteiger partial charge in [0.05, 0.1) is 6.85 Å². The van der Waals surface area contributed by atoms with Gasteiger partial charge in [0.15, 0.2) is 5.75 Å². The van der Waals surface area contributed by atoms with Crippen molar-refractivity contribution in [1.82, 2.24) is 0 Å². The van der Waals surface area contributed by atoms with E-state index in [9.17, 15) is 8.42 Å². The van der Waals surface area contributed by atoms with Crippen molar-refractivity contribution >= 4 is 61.8 Å². The molecular formula is C12H10KO4S. The summed E-state index contributed by atoms with van der Waals surface area (Å²) in [6.45, 7) is 0. The second-order valence-corrected chi connectivity index (χ2v) is 4.03. The Labute approximate surface area is 155 Å². The summed E-state index contributed by atoms with van der Waals surface area (Å²) in [6, 6.07) is 2.74. The van der Waals surface area contributed by atoms with Crippen LogP contribution in [0.4, 0.5) is 0 Å². The number of benzene rings is 2. The van der Waals surface area contributed by atoms with Crippen LogP contribution in [0, 0.1) is 0 Å². The summed E-state index contributed by atoms with van der Waals surface area (Å²) in [6.07, 6.45) is 0. The van der Waals surface area contributed by atoms with Crippen molar-refractivity contribution < 1.29 is 24.0 Å². The summed E-state index contributed by atoms with van der Waals surface area (Å²) >= 11 is 0. The van der Waals surface area contributed by atoms with Crippen molar-refractivity contribution in [2.24, 2.45) is 0 Å². The summed E-state index contributed by atoms with van der Waals surface area (Å²) in [7, 11) is -4.82. The van der Waals surface area contributed by atoms with Gasteiger partial charge in [0.1, 0.15) is 0 Å². The molecule has 1 N–H and O–H groups in total. The Bertz CT molecular complexity index is 828. The van der Waals surface area contributed by atoms with Crippen LogP contribution >= 0.6 is 0 Å². The molecule has 1 radical (unpaired) electrons. The smallest absolute Gasteiger partial charge is 0.361 e. The van der Waals surface area contributed by atoms with E-state index in [1.165, 1.54) is 24.3 Å². The molecule has 2 aromatic rings. The normalized spacial score (nSPS) is 14.4. The predicted octanol–water partition coefficient (Wildman–Crippen LogP) is 2.15. The molecule has 2 rings (SSSR count). The van der Waals surface area contributed by atoms with Crippen LogP contribution in [0.2, 0.25) is 0 Å². The summed E-state index contributed by atoms with van der Waals surface area (Å²) in [5.74, 6) is -0.344. The Morgan fingerprint density at radius 1 is 1.11 bits per heavy atom. The van der Waals surface area contributed by atoms with Gasteiger partial charge in [-0.1, -0.05) is 48.4 Å². The van der Waals surface area contributed by atoms with Crippen LogP contribution in [0.15, 0.2) is 54.5 Å². The molecule has 0 bridgehead atoms. The topological polar surface area (TPSA) is 63.6 Å². The van der Waals surface area contributed by atoms with Crippen molar-refractivity contribution in [2.45, 2.75) is 0 Å². The molecule has 4 nitrogen and oxygen atoms in total. The molecule has 0 fully saturated rings. The minimum atomic E-state index is -4.82. The zero-order valence-corrected chi connectivity index (χ0v) is 13.3. The number of hydrogen-bond acceptors (Lipinski definition) is 3. The monoisotopic (exact) mass is 294 g/mol. The van der Waals surface area contributed by atoms with Gasteiger partial charge >= 0.3 is 10.4 Å². The third-order valence-corrected chi connectivity index (χ3v) is 2.24. The van der Waals surface area contributed by atoms with Crippen molar-refractivity contribution in [3.8, 4) is 16.9 Å². The molecule has 0 unspecified atom stereocenters. The Morgan fingerprint density at radius 3 is 2.33 bits per heavy atom. The van der Waals surface area contributed by atoms with Crippen molar-refractivity contribution in [3.63, 3.8) is 0 Å². The molecule has 0 saturated heterocycles. The first-order valence-electron chi connectivity index (χ1n) is 6.96. The fourth-order valence-corrected chi connectivity index (χ4v) is 1.62. The molecule has 0 saturated carbocycles. The van der Waals surface area contributed by atoms with Gasteiger partial charge in [0.25, 0.3) is 0 Å². The maximum atomic E-state index is 10.9. The van der Waals surface area contributed by atoms with Crippen LogP contribution in [0.5, 0.6) is 5.75 Å². The van der Waals surface area contributed by atoms with E-state index in [-0.39, 0.29) is 68.3 Å². The Kier molecular flexibility index (Phi) is 3.65. The number of para-hydroxylation sites is 1. The minimum Gasteiger partial charge on any atom is -0.361 e. The average molecular weight is 294 g/mol. The molecule has 0 spiro atoms. The maximum absolute atomic E-state index is 10.9. The van der Waals surface area contributed by atoms with E-state index in [2.05, 4.69) is 4.18 Å². The van der Waals surface area contributed by atoms with E-state index in [1.807, 2.05) is 0 Å². The molecule has 0 atom stereocenters. The zero-order valence-electron chi connectivity index (χ0n) is 14.4. The number of rotatable bonds is 3. The molecule has 0 amide bonds. The van der Waals surface area contributed by atoms with Crippen molar-refractivity contribution in [3.05, 3.63) is 54.5 Å². The van der Waals surface area contributed by atoms with Crippen LogP contribution < -0.4 is 4.18 Å². The molecule has 6 heteroatoms. The largest absolute Gasteiger partial charge is 0.446 e. The number of hydrogen-bond donors (Lipinski definition) is 1. The molecule has 18 heavy (non-hydrogen) atoms. The van der Waals surface area contributed by atoms with Gasteiger partial charge in [0.2, 0.25) is 0 Å². The van der Waals surface area contributed by atoms with Gasteiger partial charge in [-0.05, 0) is 11.6 Å². The Balaban J connectivity index is 0.00000264. The van der Waals surface area contributed by atoms with E-state index in [0.717, 1.165) is 0 Å². The van der Waals surface area contributed by atoms with Gasteiger partial charge in [-0.2, -0.15) is 8.42 Å². The van der Waals surface area contributed by atoms with E-state index in [4.69, 9.17) is 11.4 Å². The predicted molar refractivity (Wildman–Crippen MR) is 69.8 cm³/mol. The molecule has 2 aromatic carbocycles. The van der Waals surface area contributed by atoms with Crippen LogP contribution in [0.3, 0.4) is 0 Å². The first kappa shape index (κ1) is 9.65. The molecule has 0 aliphatic heterocycles. The van der Waals surface area contributed by atoms with Gasteiger partial charge in [-0.25, -0.2) is 0 Å². The maximum Gasteiger partial charge on any atom is 0.446 e. The second kappa shape index (κ2) is 6.81. The molecule has 89 valence electrons. The van der Waals surface area contributed by atoms with Gasteiger partial charge < -0.3 is 4.18 Å². The Hall–Kier alpha value is -0.214. The molecule has 0 aliphatic rings. The van der Waals surface area contributed by atoms with E-state index < -0.39 is 40.6 Å². The van der Waals surface area contributed by atoms with Gasteiger partial charge in [-0.15, -0.1) is 0 Å². The van der Waals surface area contributed by atoms with E-state index in [0.29, 0.717) is 0 Å². The van der Waals surface area contributed by atoms with Gasteiger partial charge in [0, 0.05) is 56.9 Å². The van der Waals surface area contributed by atoms with E-state index >= 15 is 0 Å². The van der Waals surface area contributed by atoms with E-state index in [1.54, 1.807) is 0 Å². The third kappa shape index (κ3) is 4.47. The van der Waals surface area contributed by atoms with Gasteiger partial charge in [-0.3, -0.25) is 4.55 Å². The van der Waals surface area contributed by atoms with Crippen LogP contribution in [0.25, 0.3) is 11.1 Å². The van der Waals surface area contributed by atoms with Crippen LogP contribution in [-0.2, 0) is 10.4 Å². The van der Waals surface area contributed by atoms with Crippen molar-refractivity contribution in [2.75, 3.05) is 0 Å². The summed E-state index contributed by atoms with van der Waals surface area (Å²) in [5.41, 5.74) is -0.262. The zero-order chi connectivity index (χ0) is 16.7. The summed E-state index contributed by atoms with van der Waals surface area (Å²) in [4.78, 5) is 0. The fourth-order valence-electron chi connectivity index (χ4n) is 1.24. The standard InChI is InChI=1S/C12H10O4S.K/c13-17(14,15)16-12-9-5-4-8-11(12)10-6-2-1-3-7-10;/h1-9H,(H,13,14,15);/i1D,2D,3D,6D,7D;. The molecular weight excluding hydrogens is 279 g/mol. The first-order valence-corrected chi connectivity index (χ1v) is 5.83. The van der Waals surface area contributed by atoms with Crippen LogP contribution in [-0.4, -0.2) is 64.4 Å².